The molecule has 12 rings (SSSR count). The zero-order valence-electron chi connectivity index (χ0n) is 32.9. The SMILES string of the molecule is CC1(C)c2cc3ccccc3cc2-c2c(N(c3ccc(-c4ccc5oc6ccccc6c5c4)cc3)c3ccc4ccccc4c3-c3cccc4ccccc34)cccc21. The van der Waals surface area contributed by atoms with Gasteiger partial charge in [0.15, 0.2) is 0 Å². The molecular weight excluding hydrogens is 715 g/mol. The Hall–Kier alpha value is -7.42. The third-order valence-corrected chi connectivity index (χ3v) is 12.8. The first-order chi connectivity index (χ1) is 29.0. The van der Waals surface area contributed by atoms with Crippen LogP contribution in [0.15, 0.2) is 205 Å². The fraction of sp³-hybridized carbons (Fsp3) is 0.0526. The van der Waals surface area contributed by atoms with Gasteiger partial charge in [-0.2, -0.15) is 0 Å². The van der Waals surface area contributed by atoms with E-state index < -0.39 is 0 Å². The summed E-state index contributed by atoms with van der Waals surface area (Å²) in [5.41, 5.74) is 15.1. The van der Waals surface area contributed by atoms with E-state index in [1.165, 1.54) is 71.4 Å². The molecule has 59 heavy (non-hydrogen) atoms. The maximum Gasteiger partial charge on any atom is 0.135 e. The molecule has 0 amide bonds. The van der Waals surface area contributed by atoms with Crippen LogP contribution in [0.2, 0.25) is 0 Å². The zero-order chi connectivity index (χ0) is 39.2. The third kappa shape index (κ3) is 5.13. The third-order valence-electron chi connectivity index (χ3n) is 12.8. The number of hydrogen-bond acceptors (Lipinski definition) is 2. The minimum Gasteiger partial charge on any atom is -0.456 e. The highest BCUT2D eigenvalue weighted by atomic mass is 16.3. The number of nitrogens with zero attached hydrogens (tertiary/aromatic N) is 1. The van der Waals surface area contributed by atoms with Crippen LogP contribution in [0.3, 0.4) is 0 Å². The van der Waals surface area contributed by atoms with Crippen molar-refractivity contribution >= 4 is 71.3 Å². The molecule has 0 N–H and O–H groups in total. The number of fused-ring (bicyclic) bond motifs is 9. The number of furan rings is 1. The van der Waals surface area contributed by atoms with Gasteiger partial charge in [-0.05, 0) is 120 Å². The number of anilines is 3. The Bertz CT molecular complexity index is 3470. The normalized spacial score (nSPS) is 13.1. The van der Waals surface area contributed by atoms with E-state index in [4.69, 9.17) is 4.42 Å². The lowest BCUT2D eigenvalue weighted by atomic mass is 9.82. The number of benzene rings is 10. The van der Waals surface area contributed by atoms with Gasteiger partial charge in [-0.3, -0.25) is 0 Å². The number of rotatable bonds is 5. The number of para-hydroxylation sites is 1. The van der Waals surface area contributed by atoms with E-state index in [-0.39, 0.29) is 5.41 Å². The smallest absolute Gasteiger partial charge is 0.135 e. The quantitative estimate of drug-likeness (QED) is 0.174. The Morgan fingerprint density at radius 2 is 0.983 bits per heavy atom. The van der Waals surface area contributed by atoms with Gasteiger partial charge in [0, 0.05) is 33.0 Å². The van der Waals surface area contributed by atoms with Gasteiger partial charge in [-0.25, -0.2) is 0 Å². The van der Waals surface area contributed by atoms with Crippen molar-refractivity contribution in [3.63, 3.8) is 0 Å². The molecular formula is C57H39NO. The molecule has 0 bridgehead atoms. The highest BCUT2D eigenvalue weighted by molar-refractivity contribution is 6.13. The second-order valence-electron chi connectivity index (χ2n) is 16.5. The average Bonchev–Trinajstić information content (AvgIpc) is 3.77. The highest BCUT2D eigenvalue weighted by Crippen LogP contribution is 2.56. The van der Waals surface area contributed by atoms with Crippen LogP contribution in [-0.4, -0.2) is 0 Å². The summed E-state index contributed by atoms with van der Waals surface area (Å²) >= 11 is 0. The summed E-state index contributed by atoms with van der Waals surface area (Å²) in [6, 6.07) is 73.5. The standard InChI is InChI=1S/C57H39NO/c1-57(2)49-22-12-23-51(56(49)48-34-39-15-3-4-16-40(39)35-50(48)57)58(42-29-25-36(26-30-42)41-28-32-54-47(33-41)45-20-9-10-24-53(45)59-54)52-31-27-38-14-6-8-19-44(38)55(52)46-21-11-17-37-13-5-7-18-43(37)46/h3-35H,1-2H3. The lowest BCUT2D eigenvalue weighted by Crippen LogP contribution is -2.16. The summed E-state index contributed by atoms with van der Waals surface area (Å²) in [7, 11) is 0. The van der Waals surface area contributed by atoms with Crippen molar-refractivity contribution in [1.29, 1.82) is 0 Å². The van der Waals surface area contributed by atoms with Crippen LogP contribution in [-0.2, 0) is 5.41 Å². The second-order valence-corrected chi connectivity index (χ2v) is 16.5. The Balaban J connectivity index is 1.13. The average molecular weight is 754 g/mol. The summed E-state index contributed by atoms with van der Waals surface area (Å²) in [5, 5.41) is 9.70. The first-order valence-electron chi connectivity index (χ1n) is 20.5. The molecule has 2 nitrogen and oxygen atoms in total. The van der Waals surface area contributed by atoms with Gasteiger partial charge in [0.05, 0.1) is 11.4 Å². The van der Waals surface area contributed by atoms with E-state index in [1.807, 2.05) is 12.1 Å². The van der Waals surface area contributed by atoms with E-state index in [0.29, 0.717) is 0 Å². The summed E-state index contributed by atoms with van der Waals surface area (Å²) in [5.74, 6) is 0. The van der Waals surface area contributed by atoms with E-state index >= 15 is 0 Å². The lowest BCUT2D eigenvalue weighted by Gasteiger charge is -2.31. The van der Waals surface area contributed by atoms with Crippen molar-refractivity contribution in [2.24, 2.45) is 0 Å². The van der Waals surface area contributed by atoms with Crippen LogP contribution in [0.4, 0.5) is 17.1 Å². The van der Waals surface area contributed by atoms with Crippen molar-refractivity contribution in [1.82, 2.24) is 0 Å². The molecule has 1 aliphatic rings. The maximum absolute atomic E-state index is 6.19. The Labute approximate surface area is 343 Å². The van der Waals surface area contributed by atoms with Crippen molar-refractivity contribution < 1.29 is 4.42 Å². The molecule has 2 heteroatoms. The monoisotopic (exact) mass is 753 g/mol. The highest BCUT2D eigenvalue weighted by Gasteiger charge is 2.38. The first-order valence-corrected chi connectivity index (χ1v) is 20.5. The van der Waals surface area contributed by atoms with Gasteiger partial charge >= 0.3 is 0 Å². The molecule has 0 atom stereocenters. The largest absolute Gasteiger partial charge is 0.456 e. The number of hydrogen-bond donors (Lipinski definition) is 0. The maximum atomic E-state index is 6.19. The molecule has 0 fully saturated rings. The van der Waals surface area contributed by atoms with Gasteiger partial charge < -0.3 is 9.32 Å². The molecule has 1 aliphatic carbocycles. The molecule has 11 aromatic rings. The molecule has 0 saturated heterocycles. The molecule has 0 radical (unpaired) electrons. The molecule has 1 aromatic heterocycles. The van der Waals surface area contributed by atoms with Gasteiger partial charge in [0.2, 0.25) is 0 Å². The molecule has 0 aliphatic heterocycles. The van der Waals surface area contributed by atoms with Gasteiger partial charge in [0.25, 0.3) is 0 Å². The van der Waals surface area contributed by atoms with Crippen LogP contribution in [0.5, 0.6) is 0 Å². The van der Waals surface area contributed by atoms with Crippen LogP contribution >= 0.6 is 0 Å². The Kier molecular flexibility index (Phi) is 7.31. The van der Waals surface area contributed by atoms with Crippen molar-refractivity contribution in [2.45, 2.75) is 19.3 Å². The van der Waals surface area contributed by atoms with Crippen molar-refractivity contribution in [2.75, 3.05) is 4.90 Å². The van der Waals surface area contributed by atoms with E-state index in [0.717, 1.165) is 44.4 Å². The lowest BCUT2D eigenvalue weighted by molar-refractivity contribution is 0.661. The van der Waals surface area contributed by atoms with Gasteiger partial charge in [-0.1, -0.05) is 159 Å². The minimum atomic E-state index is -0.183. The predicted molar refractivity (Wildman–Crippen MR) is 249 cm³/mol. The van der Waals surface area contributed by atoms with Gasteiger partial charge in [-0.15, -0.1) is 0 Å². The molecule has 0 spiro atoms. The molecule has 1 heterocycles. The summed E-state index contributed by atoms with van der Waals surface area (Å²) in [6.45, 7) is 4.76. The van der Waals surface area contributed by atoms with Gasteiger partial charge in [0.1, 0.15) is 11.2 Å². The van der Waals surface area contributed by atoms with E-state index in [2.05, 4.69) is 207 Å². The second kappa shape index (κ2) is 12.8. The van der Waals surface area contributed by atoms with Crippen LogP contribution < -0.4 is 4.90 Å². The van der Waals surface area contributed by atoms with E-state index in [1.54, 1.807) is 0 Å². The van der Waals surface area contributed by atoms with Crippen molar-refractivity contribution in [3.05, 3.63) is 211 Å². The molecule has 0 unspecified atom stereocenters. The fourth-order valence-electron chi connectivity index (χ4n) is 9.93. The predicted octanol–water partition coefficient (Wildman–Crippen LogP) is 16.2. The van der Waals surface area contributed by atoms with E-state index in [9.17, 15) is 0 Å². The topological polar surface area (TPSA) is 16.4 Å². The summed E-state index contributed by atoms with van der Waals surface area (Å²) in [6.07, 6.45) is 0. The Morgan fingerprint density at radius 1 is 0.373 bits per heavy atom. The van der Waals surface area contributed by atoms with Crippen molar-refractivity contribution in [3.8, 4) is 33.4 Å². The zero-order valence-corrected chi connectivity index (χ0v) is 32.9. The van der Waals surface area contributed by atoms with Crippen LogP contribution in [0.25, 0.3) is 87.6 Å². The summed E-state index contributed by atoms with van der Waals surface area (Å²) in [4.78, 5) is 2.53. The minimum absolute atomic E-state index is 0.183. The first kappa shape index (κ1) is 33.7. The van der Waals surface area contributed by atoms with Crippen LogP contribution in [0.1, 0.15) is 25.0 Å². The Morgan fingerprint density at radius 3 is 1.80 bits per heavy atom. The fourth-order valence-corrected chi connectivity index (χ4v) is 9.93. The molecule has 278 valence electrons. The molecule has 10 aromatic carbocycles. The summed E-state index contributed by atoms with van der Waals surface area (Å²) < 4.78 is 6.19. The molecule has 0 saturated carbocycles. The van der Waals surface area contributed by atoms with Crippen LogP contribution in [0, 0.1) is 0 Å².